The standard InChI is InChI=1S/C21H24N4O/c1-16-4-2-3-5-17(16)15-26-21-10-18(11-23-13-21)19-12-24-25(14-19)20-6-8-22-9-7-20/h2-5,10-14,20,22H,6-9,15H2,1H3. The lowest BCUT2D eigenvalue weighted by Crippen LogP contribution is -2.29. The second-order valence-electron chi connectivity index (χ2n) is 6.81. The first-order valence-electron chi connectivity index (χ1n) is 9.17. The van der Waals surface area contributed by atoms with Crippen LogP contribution in [0.4, 0.5) is 0 Å². The summed E-state index contributed by atoms with van der Waals surface area (Å²) in [5.74, 6) is 0.778. The molecule has 0 atom stereocenters. The predicted molar refractivity (Wildman–Crippen MR) is 102 cm³/mol. The van der Waals surface area contributed by atoms with E-state index in [0.29, 0.717) is 12.6 Å². The quantitative estimate of drug-likeness (QED) is 0.763. The molecule has 2 aromatic heterocycles. The highest BCUT2D eigenvalue weighted by Crippen LogP contribution is 2.25. The van der Waals surface area contributed by atoms with E-state index < -0.39 is 0 Å². The predicted octanol–water partition coefficient (Wildman–Crippen LogP) is 3.76. The highest BCUT2D eigenvalue weighted by molar-refractivity contribution is 5.62. The molecular weight excluding hydrogens is 324 g/mol. The summed E-state index contributed by atoms with van der Waals surface area (Å²) in [5.41, 5.74) is 4.54. The number of pyridine rings is 1. The number of piperidine rings is 1. The molecule has 134 valence electrons. The number of aromatic nitrogens is 3. The minimum Gasteiger partial charge on any atom is -0.487 e. The molecule has 1 aliphatic heterocycles. The van der Waals surface area contributed by atoms with Crippen molar-refractivity contribution in [2.45, 2.75) is 32.4 Å². The number of ether oxygens (including phenoxy) is 1. The second kappa shape index (κ2) is 7.70. The molecule has 0 aliphatic carbocycles. The summed E-state index contributed by atoms with van der Waals surface area (Å²) in [6, 6.07) is 10.8. The van der Waals surface area contributed by atoms with Crippen molar-refractivity contribution in [3.63, 3.8) is 0 Å². The van der Waals surface area contributed by atoms with Gasteiger partial charge in [0.25, 0.3) is 0 Å². The van der Waals surface area contributed by atoms with Crippen LogP contribution in [0.2, 0.25) is 0 Å². The number of aryl methyl sites for hydroxylation is 1. The summed E-state index contributed by atoms with van der Waals surface area (Å²) in [6.07, 6.45) is 9.92. The van der Waals surface area contributed by atoms with Crippen molar-refractivity contribution in [2.75, 3.05) is 13.1 Å². The van der Waals surface area contributed by atoms with Gasteiger partial charge in [-0.25, -0.2) is 0 Å². The van der Waals surface area contributed by atoms with Gasteiger partial charge in [-0.3, -0.25) is 9.67 Å². The Kier molecular flexibility index (Phi) is 4.97. The van der Waals surface area contributed by atoms with Crippen molar-refractivity contribution < 1.29 is 4.74 Å². The topological polar surface area (TPSA) is 52.0 Å². The van der Waals surface area contributed by atoms with E-state index in [2.05, 4.69) is 45.3 Å². The van der Waals surface area contributed by atoms with E-state index in [-0.39, 0.29) is 0 Å². The van der Waals surface area contributed by atoms with Crippen LogP contribution in [0.5, 0.6) is 5.75 Å². The van der Waals surface area contributed by atoms with Crippen LogP contribution in [-0.4, -0.2) is 27.9 Å². The summed E-state index contributed by atoms with van der Waals surface area (Å²) < 4.78 is 8.05. The second-order valence-corrected chi connectivity index (χ2v) is 6.81. The fourth-order valence-electron chi connectivity index (χ4n) is 3.35. The van der Waals surface area contributed by atoms with E-state index in [9.17, 15) is 0 Å². The Morgan fingerprint density at radius 2 is 1.96 bits per heavy atom. The zero-order valence-electron chi connectivity index (χ0n) is 15.1. The number of benzene rings is 1. The Morgan fingerprint density at radius 3 is 2.81 bits per heavy atom. The Morgan fingerprint density at radius 1 is 1.12 bits per heavy atom. The van der Waals surface area contributed by atoms with Gasteiger partial charge in [0.15, 0.2) is 0 Å². The molecule has 0 radical (unpaired) electrons. The third-order valence-electron chi connectivity index (χ3n) is 4.99. The molecule has 1 N–H and O–H groups in total. The summed E-state index contributed by atoms with van der Waals surface area (Å²) in [7, 11) is 0. The molecule has 0 saturated carbocycles. The van der Waals surface area contributed by atoms with E-state index >= 15 is 0 Å². The molecular formula is C21H24N4O. The SMILES string of the molecule is Cc1ccccc1COc1cncc(-c2cnn(C3CCNCC3)c2)c1. The number of nitrogens with one attached hydrogen (secondary N) is 1. The highest BCUT2D eigenvalue weighted by Gasteiger charge is 2.16. The summed E-state index contributed by atoms with van der Waals surface area (Å²) in [5, 5.41) is 7.97. The molecule has 0 bridgehead atoms. The lowest BCUT2D eigenvalue weighted by molar-refractivity contribution is 0.304. The smallest absolute Gasteiger partial charge is 0.138 e. The fraction of sp³-hybridized carbons (Fsp3) is 0.333. The molecule has 1 fully saturated rings. The van der Waals surface area contributed by atoms with E-state index in [4.69, 9.17) is 4.74 Å². The maximum Gasteiger partial charge on any atom is 0.138 e. The normalized spacial score (nSPS) is 15.1. The first kappa shape index (κ1) is 16.8. The summed E-state index contributed by atoms with van der Waals surface area (Å²) in [4.78, 5) is 4.35. The van der Waals surface area contributed by atoms with Crippen molar-refractivity contribution in [3.05, 3.63) is 66.2 Å². The van der Waals surface area contributed by atoms with Gasteiger partial charge in [0.2, 0.25) is 0 Å². The first-order valence-corrected chi connectivity index (χ1v) is 9.17. The number of rotatable bonds is 5. The third kappa shape index (κ3) is 3.78. The Hall–Kier alpha value is -2.66. The molecule has 0 spiro atoms. The van der Waals surface area contributed by atoms with Gasteiger partial charge in [-0.2, -0.15) is 5.10 Å². The van der Waals surface area contributed by atoms with Crippen LogP contribution in [0.15, 0.2) is 55.1 Å². The van der Waals surface area contributed by atoms with Gasteiger partial charge < -0.3 is 10.1 Å². The molecule has 1 aromatic carbocycles. The molecule has 3 aromatic rings. The zero-order chi connectivity index (χ0) is 17.8. The van der Waals surface area contributed by atoms with Crippen molar-refractivity contribution in [3.8, 4) is 16.9 Å². The summed E-state index contributed by atoms with van der Waals surface area (Å²) in [6.45, 7) is 4.77. The largest absolute Gasteiger partial charge is 0.487 e. The minimum atomic E-state index is 0.485. The van der Waals surface area contributed by atoms with Crippen molar-refractivity contribution >= 4 is 0 Å². The molecule has 5 heteroatoms. The van der Waals surface area contributed by atoms with Gasteiger partial charge in [-0.15, -0.1) is 0 Å². The van der Waals surface area contributed by atoms with Crippen molar-refractivity contribution in [1.29, 1.82) is 0 Å². The van der Waals surface area contributed by atoms with Crippen molar-refractivity contribution in [2.24, 2.45) is 0 Å². The minimum absolute atomic E-state index is 0.485. The lowest BCUT2D eigenvalue weighted by atomic mass is 10.1. The van der Waals surface area contributed by atoms with E-state index in [1.165, 1.54) is 11.1 Å². The zero-order valence-corrected chi connectivity index (χ0v) is 15.1. The van der Waals surface area contributed by atoms with Gasteiger partial charge in [0, 0.05) is 23.5 Å². The van der Waals surface area contributed by atoms with Crippen LogP contribution >= 0.6 is 0 Å². The van der Waals surface area contributed by atoms with Crippen LogP contribution in [0.25, 0.3) is 11.1 Å². The van der Waals surface area contributed by atoms with Gasteiger partial charge in [-0.1, -0.05) is 24.3 Å². The van der Waals surface area contributed by atoms with Gasteiger partial charge in [-0.05, 0) is 50.0 Å². The van der Waals surface area contributed by atoms with Gasteiger partial charge in [0.05, 0.1) is 18.4 Å². The van der Waals surface area contributed by atoms with Crippen LogP contribution in [0.1, 0.15) is 30.0 Å². The van der Waals surface area contributed by atoms with E-state index in [1.807, 2.05) is 30.6 Å². The fourth-order valence-corrected chi connectivity index (χ4v) is 3.35. The van der Waals surface area contributed by atoms with Crippen LogP contribution in [-0.2, 0) is 6.61 Å². The van der Waals surface area contributed by atoms with Crippen LogP contribution < -0.4 is 10.1 Å². The molecule has 3 heterocycles. The van der Waals surface area contributed by atoms with Crippen LogP contribution in [0.3, 0.4) is 0 Å². The Bertz CT molecular complexity index is 868. The molecule has 1 saturated heterocycles. The first-order chi connectivity index (χ1) is 12.8. The monoisotopic (exact) mass is 348 g/mol. The molecule has 4 rings (SSSR count). The molecule has 5 nitrogen and oxygen atoms in total. The summed E-state index contributed by atoms with van der Waals surface area (Å²) >= 11 is 0. The molecule has 1 aliphatic rings. The Balaban J connectivity index is 1.47. The maximum absolute atomic E-state index is 5.96. The average molecular weight is 348 g/mol. The van der Waals surface area contributed by atoms with Gasteiger partial charge in [0.1, 0.15) is 12.4 Å². The average Bonchev–Trinajstić information content (AvgIpc) is 3.19. The van der Waals surface area contributed by atoms with E-state index in [0.717, 1.165) is 42.8 Å². The van der Waals surface area contributed by atoms with Gasteiger partial charge >= 0.3 is 0 Å². The van der Waals surface area contributed by atoms with Crippen LogP contribution in [0, 0.1) is 6.92 Å². The number of hydrogen-bond donors (Lipinski definition) is 1. The Labute approximate surface area is 154 Å². The van der Waals surface area contributed by atoms with Crippen molar-refractivity contribution in [1.82, 2.24) is 20.1 Å². The number of hydrogen-bond acceptors (Lipinski definition) is 4. The lowest BCUT2D eigenvalue weighted by Gasteiger charge is -2.22. The maximum atomic E-state index is 5.96. The van der Waals surface area contributed by atoms with E-state index in [1.54, 1.807) is 6.20 Å². The third-order valence-corrected chi connectivity index (χ3v) is 4.99. The number of nitrogens with zero attached hydrogens (tertiary/aromatic N) is 3. The molecule has 0 unspecified atom stereocenters. The highest BCUT2D eigenvalue weighted by atomic mass is 16.5. The molecule has 0 amide bonds. The molecule has 26 heavy (non-hydrogen) atoms.